The van der Waals surface area contributed by atoms with E-state index in [1.807, 2.05) is 0 Å². The lowest BCUT2D eigenvalue weighted by atomic mass is 10.1. The summed E-state index contributed by atoms with van der Waals surface area (Å²) in [6.07, 6.45) is 1.62. The van der Waals surface area contributed by atoms with Crippen molar-refractivity contribution in [2.45, 2.75) is 19.9 Å². The first kappa shape index (κ1) is 13.9. The number of amides is 1. The molecule has 0 aliphatic carbocycles. The number of nitrogens with one attached hydrogen (secondary N) is 1. The fourth-order valence-electron chi connectivity index (χ4n) is 1.77. The number of nitrogen functional groups attached to an aromatic ring is 1. The summed E-state index contributed by atoms with van der Waals surface area (Å²) in [5.74, 6) is 1.40. The third kappa shape index (κ3) is 2.90. The number of oxazole rings is 1. The second kappa shape index (κ2) is 5.64. The third-order valence-electron chi connectivity index (χ3n) is 2.85. The number of benzene rings is 1. The number of aryl methyl sites for hydroxylation is 1. The van der Waals surface area contributed by atoms with Crippen molar-refractivity contribution in [2.24, 2.45) is 0 Å². The largest absolute Gasteiger partial charge is 0.495 e. The molecule has 106 valence electrons. The molecule has 2 aromatic rings. The lowest BCUT2D eigenvalue weighted by Gasteiger charge is -2.12. The quantitative estimate of drug-likeness (QED) is 0.833. The molecule has 20 heavy (non-hydrogen) atoms. The van der Waals surface area contributed by atoms with Gasteiger partial charge >= 0.3 is 0 Å². The van der Waals surface area contributed by atoms with E-state index < -0.39 is 0 Å². The lowest BCUT2D eigenvalue weighted by Crippen LogP contribution is -2.26. The van der Waals surface area contributed by atoms with E-state index in [4.69, 9.17) is 14.9 Å². The summed E-state index contributed by atoms with van der Waals surface area (Å²) < 4.78 is 10.5. The van der Waals surface area contributed by atoms with Crippen molar-refractivity contribution in [3.05, 3.63) is 41.6 Å². The van der Waals surface area contributed by atoms with Crippen LogP contribution in [0.25, 0.3) is 0 Å². The van der Waals surface area contributed by atoms with Crippen molar-refractivity contribution in [1.82, 2.24) is 10.3 Å². The van der Waals surface area contributed by atoms with Gasteiger partial charge in [0.05, 0.1) is 19.0 Å². The third-order valence-corrected chi connectivity index (χ3v) is 2.85. The molecule has 0 aliphatic rings. The maximum Gasteiger partial charge on any atom is 0.252 e. The Morgan fingerprint density at radius 1 is 1.50 bits per heavy atom. The molecular weight excluding hydrogens is 258 g/mol. The van der Waals surface area contributed by atoms with E-state index in [1.165, 1.54) is 7.11 Å². The van der Waals surface area contributed by atoms with Crippen LogP contribution in [0.15, 0.2) is 28.8 Å². The summed E-state index contributed by atoms with van der Waals surface area (Å²) in [4.78, 5) is 16.2. The Bertz CT molecular complexity index is 622. The van der Waals surface area contributed by atoms with Crippen LogP contribution in [0.4, 0.5) is 5.69 Å². The molecule has 0 spiro atoms. The molecular formula is C14H17N3O3. The standard InChI is InChI=1S/C14H17N3O3/c1-8-7-16-14(20-8)9(2)17-13(18)10-4-5-11(15)12(6-10)19-3/h4-7,9H,15H2,1-3H3,(H,17,18). The molecule has 0 radical (unpaired) electrons. The summed E-state index contributed by atoms with van der Waals surface area (Å²) in [6, 6.07) is 4.55. The summed E-state index contributed by atoms with van der Waals surface area (Å²) in [7, 11) is 1.51. The number of hydrogen-bond acceptors (Lipinski definition) is 5. The number of nitrogens with zero attached hydrogens (tertiary/aromatic N) is 1. The monoisotopic (exact) mass is 275 g/mol. The molecule has 2 rings (SSSR count). The molecule has 0 fully saturated rings. The Balaban J connectivity index is 2.12. The van der Waals surface area contributed by atoms with Crippen LogP contribution >= 0.6 is 0 Å². The fourth-order valence-corrected chi connectivity index (χ4v) is 1.77. The maximum atomic E-state index is 12.1. The molecule has 1 atom stereocenters. The molecule has 1 aromatic heterocycles. The average molecular weight is 275 g/mol. The highest BCUT2D eigenvalue weighted by Gasteiger charge is 2.16. The minimum atomic E-state index is -0.320. The number of hydrogen-bond donors (Lipinski definition) is 2. The minimum Gasteiger partial charge on any atom is -0.495 e. The molecule has 1 amide bonds. The second-order valence-electron chi connectivity index (χ2n) is 4.46. The van der Waals surface area contributed by atoms with E-state index in [9.17, 15) is 4.79 Å². The molecule has 0 bridgehead atoms. The van der Waals surface area contributed by atoms with E-state index >= 15 is 0 Å². The minimum absolute atomic E-state index is 0.244. The first-order valence-corrected chi connectivity index (χ1v) is 6.18. The Labute approximate surface area is 116 Å². The average Bonchev–Trinajstić information content (AvgIpc) is 2.86. The molecule has 6 nitrogen and oxygen atoms in total. The number of aromatic nitrogens is 1. The summed E-state index contributed by atoms with van der Waals surface area (Å²) in [5.41, 5.74) is 6.66. The zero-order chi connectivity index (χ0) is 14.7. The molecule has 6 heteroatoms. The van der Waals surface area contributed by atoms with E-state index in [0.717, 1.165) is 0 Å². The number of ether oxygens (including phenoxy) is 1. The fraction of sp³-hybridized carbons (Fsp3) is 0.286. The number of rotatable bonds is 4. The van der Waals surface area contributed by atoms with E-state index in [0.29, 0.717) is 28.7 Å². The first-order chi connectivity index (χ1) is 9.51. The van der Waals surface area contributed by atoms with Crippen molar-refractivity contribution >= 4 is 11.6 Å². The lowest BCUT2D eigenvalue weighted by molar-refractivity contribution is 0.0933. The number of carbonyl (C=O) groups is 1. The Morgan fingerprint density at radius 3 is 2.85 bits per heavy atom. The summed E-state index contributed by atoms with van der Waals surface area (Å²) in [6.45, 7) is 3.60. The predicted octanol–water partition coefficient (Wildman–Crippen LogP) is 2.06. The van der Waals surface area contributed by atoms with Gasteiger partial charge in [-0.3, -0.25) is 4.79 Å². The molecule has 0 saturated carbocycles. The SMILES string of the molecule is COc1cc(C(=O)NC(C)c2ncc(C)o2)ccc1N. The maximum absolute atomic E-state index is 12.1. The van der Waals surface area contributed by atoms with E-state index in [1.54, 1.807) is 38.2 Å². The zero-order valence-electron chi connectivity index (χ0n) is 11.6. The van der Waals surface area contributed by atoms with Crippen LogP contribution in [0.5, 0.6) is 5.75 Å². The van der Waals surface area contributed by atoms with E-state index in [-0.39, 0.29) is 11.9 Å². The number of carbonyl (C=O) groups excluding carboxylic acids is 1. The Hall–Kier alpha value is -2.50. The molecule has 0 aliphatic heterocycles. The normalized spacial score (nSPS) is 11.9. The molecule has 1 aromatic carbocycles. The van der Waals surface area contributed by atoms with Crippen LogP contribution in [0.3, 0.4) is 0 Å². The van der Waals surface area contributed by atoms with Gasteiger partial charge in [0, 0.05) is 5.56 Å². The molecule has 1 unspecified atom stereocenters. The number of methoxy groups -OCH3 is 1. The van der Waals surface area contributed by atoms with Crippen molar-refractivity contribution in [2.75, 3.05) is 12.8 Å². The highest BCUT2D eigenvalue weighted by atomic mass is 16.5. The van der Waals surface area contributed by atoms with Crippen molar-refractivity contribution in [1.29, 1.82) is 0 Å². The Kier molecular flexibility index (Phi) is 3.93. The van der Waals surface area contributed by atoms with Gasteiger partial charge in [-0.1, -0.05) is 0 Å². The van der Waals surface area contributed by atoms with Crippen LogP contribution in [-0.4, -0.2) is 18.0 Å². The second-order valence-corrected chi connectivity index (χ2v) is 4.46. The topological polar surface area (TPSA) is 90.4 Å². The predicted molar refractivity (Wildman–Crippen MR) is 74.5 cm³/mol. The smallest absolute Gasteiger partial charge is 0.252 e. The van der Waals surface area contributed by atoms with Crippen LogP contribution in [0.2, 0.25) is 0 Å². The number of anilines is 1. The molecule has 1 heterocycles. The first-order valence-electron chi connectivity index (χ1n) is 6.18. The van der Waals surface area contributed by atoms with Gasteiger partial charge in [0.1, 0.15) is 17.6 Å². The zero-order valence-corrected chi connectivity index (χ0v) is 11.6. The van der Waals surface area contributed by atoms with E-state index in [2.05, 4.69) is 10.3 Å². The van der Waals surface area contributed by atoms with Crippen molar-refractivity contribution < 1.29 is 13.9 Å². The van der Waals surface area contributed by atoms with Crippen molar-refractivity contribution in [3.63, 3.8) is 0 Å². The van der Waals surface area contributed by atoms with Gasteiger partial charge < -0.3 is 20.2 Å². The Morgan fingerprint density at radius 2 is 2.25 bits per heavy atom. The van der Waals surface area contributed by atoms with Crippen LogP contribution < -0.4 is 15.8 Å². The highest BCUT2D eigenvalue weighted by molar-refractivity contribution is 5.95. The van der Waals surface area contributed by atoms with Gasteiger partial charge in [0.2, 0.25) is 5.89 Å². The van der Waals surface area contributed by atoms with Gasteiger partial charge in [-0.2, -0.15) is 0 Å². The molecule has 3 N–H and O–H groups in total. The van der Waals surface area contributed by atoms with Gasteiger partial charge in [0.25, 0.3) is 5.91 Å². The molecule has 0 saturated heterocycles. The van der Waals surface area contributed by atoms with Gasteiger partial charge in [-0.25, -0.2) is 4.98 Å². The van der Waals surface area contributed by atoms with Gasteiger partial charge in [-0.15, -0.1) is 0 Å². The van der Waals surface area contributed by atoms with Crippen LogP contribution in [-0.2, 0) is 0 Å². The van der Waals surface area contributed by atoms with Crippen molar-refractivity contribution in [3.8, 4) is 5.75 Å². The van der Waals surface area contributed by atoms with Crippen LogP contribution in [0.1, 0.15) is 35.0 Å². The van der Waals surface area contributed by atoms with Gasteiger partial charge in [-0.05, 0) is 32.0 Å². The summed E-state index contributed by atoms with van der Waals surface area (Å²) >= 11 is 0. The number of nitrogens with two attached hydrogens (primary N) is 1. The van der Waals surface area contributed by atoms with Crippen LogP contribution in [0, 0.1) is 6.92 Å². The highest BCUT2D eigenvalue weighted by Crippen LogP contribution is 2.22. The summed E-state index contributed by atoms with van der Waals surface area (Å²) in [5, 5.41) is 2.81. The van der Waals surface area contributed by atoms with Gasteiger partial charge in [0.15, 0.2) is 0 Å².